The third kappa shape index (κ3) is 92.8. The maximum atomic E-state index is 9.83. The summed E-state index contributed by atoms with van der Waals surface area (Å²) in [6.07, 6.45) is 34.9. The van der Waals surface area contributed by atoms with E-state index in [1.165, 1.54) is 32.1 Å². The van der Waals surface area contributed by atoms with Crippen LogP contribution >= 0.6 is 0 Å². The van der Waals surface area contributed by atoms with Crippen LogP contribution in [0, 0.1) is 0 Å². The molecule has 0 rings (SSSR count). The molecule has 295 valence electrons. The molecular formula is C40H65O10V-5. The smallest absolute Gasteiger partial charge is 0.0639 e. The SMILES string of the molecule is CCCCCC=CC(=O)[O-].CCCCCC=CC(=O)[O-].CCCCCC=CC(=O)[O-].CCCCCC=CC(=O)[O-].CCCCCC=CC(=O)[O-].[V]. The van der Waals surface area contributed by atoms with E-state index in [9.17, 15) is 49.5 Å². The summed E-state index contributed by atoms with van der Waals surface area (Å²) >= 11 is 0. The Labute approximate surface area is 320 Å². The number of hydrogen-bond acceptors (Lipinski definition) is 10. The average Bonchev–Trinajstić information content (AvgIpc) is 3.05. The zero-order valence-electron chi connectivity index (χ0n) is 31.9. The molecular weight excluding hydrogens is 691 g/mol. The minimum absolute atomic E-state index is 0. The van der Waals surface area contributed by atoms with Crippen molar-refractivity contribution < 1.29 is 68.1 Å². The van der Waals surface area contributed by atoms with Gasteiger partial charge in [-0.15, -0.1) is 0 Å². The Morgan fingerprint density at radius 3 is 0.549 bits per heavy atom. The van der Waals surface area contributed by atoms with Crippen molar-refractivity contribution in [2.75, 3.05) is 0 Å². The maximum absolute atomic E-state index is 9.83. The molecule has 0 fully saturated rings. The minimum atomic E-state index is -1.10. The molecule has 0 bridgehead atoms. The van der Waals surface area contributed by atoms with Crippen LogP contribution < -0.4 is 25.5 Å². The van der Waals surface area contributed by atoms with E-state index < -0.39 is 29.8 Å². The first-order chi connectivity index (χ1) is 23.9. The molecule has 0 spiro atoms. The summed E-state index contributed by atoms with van der Waals surface area (Å²) in [6.45, 7) is 10.6. The molecule has 0 aliphatic rings. The van der Waals surface area contributed by atoms with Crippen LogP contribution in [-0.2, 0) is 42.5 Å². The monoisotopic (exact) mass is 756 g/mol. The van der Waals surface area contributed by atoms with Crippen LogP contribution in [0.1, 0.15) is 163 Å². The largest absolute Gasteiger partial charge is 0.545 e. The summed E-state index contributed by atoms with van der Waals surface area (Å²) in [5.41, 5.74) is 0. The Kier molecular flexibility index (Phi) is 65.7. The van der Waals surface area contributed by atoms with Gasteiger partial charge < -0.3 is 49.5 Å². The van der Waals surface area contributed by atoms with Crippen LogP contribution in [0.3, 0.4) is 0 Å². The number of carbonyl (C=O) groups excluding carboxylic acids is 5. The van der Waals surface area contributed by atoms with E-state index >= 15 is 0 Å². The quantitative estimate of drug-likeness (QED) is 0.0952. The summed E-state index contributed by atoms with van der Waals surface area (Å²) in [5.74, 6) is -5.50. The van der Waals surface area contributed by atoms with Crippen molar-refractivity contribution in [2.24, 2.45) is 0 Å². The van der Waals surface area contributed by atoms with Crippen LogP contribution in [0.4, 0.5) is 0 Å². The zero-order chi connectivity index (χ0) is 39.1. The second-order valence-electron chi connectivity index (χ2n) is 11.1. The molecule has 0 amide bonds. The molecule has 0 unspecified atom stereocenters. The summed E-state index contributed by atoms with van der Waals surface area (Å²) < 4.78 is 0. The number of unbranched alkanes of at least 4 members (excludes halogenated alkanes) is 15. The van der Waals surface area contributed by atoms with Gasteiger partial charge in [0.05, 0.1) is 29.8 Å². The third-order valence-electron chi connectivity index (χ3n) is 6.14. The first-order valence-electron chi connectivity index (χ1n) is 18.2. The molecule has 11 heteroatoms. The Morgan fingerprint density at radius 1 is 0.314 bits per heavy atom. The number of rotatable bonds is 25. The van der Waals surface area contributed by atoms with Gasteiger partial charge in [-0.3, -0.25) is 0 Å². The summed E-state index contributed by atoms with van der Waals surface area (Å²) in [5, 5.41) is 49.2. The second-order valence-corrected chi connectivity index (χ2v) is 11.1. The van der Waals surface area contributed by atoms with Crippen molar-refractivity contribution >= 4 is 29.8 Å². The van der Waals surface area contributed by atoms with Crippen molar-refractivity contribution in [3.05, 3.63) is 60.8 Å². The van der Waals surface area contributed by atoms with Crippen LogP contribution in [0.2, 0.25) is 0 Å². The van der Waals surface area contributed by atoms with Crippen molar-refractivity contribution in [1.29, 1.82) is 0 Å². The summed E-state index contributed by atoms with van der Waals surface area (Å²) in [4.78, 5) is 49.2. The van der Waals surface area contributed by atoms with Gasteiger partial charge in [-0.1, -0.05) is 129 Å². The maximum Gasteiger partial charge on any atom is 0.0639 e. The molecule has 0 atom stereocenters. The summed E-state index contributed by atoms with van der Waals surface area (Å²) in [6, 6.07) is 0. The molecule has 51 heavy (non-hydrogen) atoms. The van der Waals surface area contributed by atoms with Gasteiger partial charge in [-0.05, 0) is 94.6 Å². The Bertz CT molecular complexity index is 763. The topological polar surface area (TPSA) is 201 Å². The molecule has 0 saturated heterocycles. The number of aliphatic carboxylic acids is 5. The van der Waals surface area contributed by atoms with Gasteiger partial charge in [-0.25, -0.2) is 0 Å². The van der Waals surface area contributed by atoms with Gasteiger partial charge in [0, 0.05) is 18.6 Å². The molecule has 10 nitrogen and oxygen atoms in total. The number of carbonyl (C=O) groups is 5. The molecule has 0 aliphatic heterocycles. The fraction of sp³-hybridized carbons (Fsp3) is 0.625. The predicted molar refractivity (Wildman–Crippen MR) is 191 cm³/mol. The van der Waals surface area contributed by atoms with Gasteiger partial charge >= 0.3 is 0 Å². The van der Waals surface area contributed by atoms with E-state index in [2.05, 4.69) is 34.6 Å². The Morgan fingerprint density at radius 2 is 0.451 bits per heavy atom. The van der Waals surface area contributed by atoms with Crippen LogP contribution in [-0.4, -0.2) is 29.8 Å². The molecule has 0 aliphatic carbocycles. The van der Waals surface area contributed by atoms with E-state index in [4.69, 9.17) is 0 Å². The van der Waals surface area contributed by atoms with Gasteiger partial charge in [0.2, 0.25) is 0 Å². The van der Waals surface area contributed by atoms with Gasteiger partial charge in [0.1, 0.15) is 0 Å². The van der Waals surface area contributed by atoms with Crippen LogP contribution in [0.25, 0.3) is 0 Å². The van der Waals surface area contributed by atoms with E-state index in [1.807, 2.05) is 0 Å². The fourth-order valence-corrected chi connectivity index (χ4v) is 3.46. The normalized spacial score (nSPS) is 10.3. The van der Waals surface area contributed by atoms with E-state index in [0.29, 0.717) is 0 Å². The van der Waals surface area contributed by atoms with E-state index in [-0.39, 0.29) is 18.6 Å². The Balaban J connectivity index is -0.000000123. The predicted octanol–water partition coefficient (Wildman–Crippen LogP) is 4.36. The molecule has 0 aromatic rings. The molecule has 1 radical (unpaired) electrons. The Hall–Kier alpha value is -3.37. The second kappa shape index (κ2) is 56.0. The third-order valence-corrected chi connectivity index (χ3v) is 6.14. The van der Waals surface area contributed by atoms with Crippen molar-refractivity contribution in [3.8, 4) is 0 Å². The van der Waals surface area contributed by atoms with Crippen molar-refractivity contribution in [1.82, 2.24) is 0 Å². The number of carboxylic acid groups (broad SMARTS) is 5. The standard InChI is InChI=1S/5C8H14O2.V/c5*1-2-3-4-5-6-7-8(9)10;/h5*6-7H,2-5H2,1H3,(H,9,10);/p-5. The molecule has 0 aromatic heterocycles. The summed E-state index contributed by atoms with van der Waals surface area (Å²) in [7, 11) is 0. The van der Waals surface area contributed by atoms with Crippen LogP contribution in [0.5, 0.6) is 0 Å². The molecule has 0 N–H and O–H groups in total. The van der Waals surface area contributed by atoms with Gasteiger partial charge in [0.15, 0.2) is 0 Å². The average molecular weight is 757 g/mol. The van der Waals surface area contributed by atoms with E-state index in [1.54, 1.807) is 30.4 Å². The molecule has 0 heterocycles. The fourth-order valence-electron chi connectivity index (χ4n) is 3.46. The number of hydrogen-bond donors (Lipinski definition) is 0. The first-order valence-corrected chi connectivity index (χ1v) is 18.2. The van der Waals surface area contributed by atoms with Gasteiger partial charge in [0.25, 0.3) is 0 Å². The number of carboxylic acids is 5. The number of allylic oxidation sites excluding steroid dienone is 5. The van der Waals surface area contributed by atoms with Crippen molar-refractivity contribution in [3.63, 3.8) is 0 Å². The molecule has 0 aromatic carbocycles. The van der Waals surface area contributed by atoms with E-state index in [0.717, 1.165) is 127 Å². The first kappa shape index (κ1) is 59.8. The van der Waals surface area contributed by atoms with Crippen LogP contribution in [0.15, 0.2) is 60.8 Å². The van der Waals surface area contributed by atoms with Gasteiger partial charge in [-0.2, -0.15) is 0 Å². The van der Waals surface area contributed by atoms with Crippen molar-refractivity contribution in [2.45, 2.75) is 163 Å². The zero-order valence-corrected chi connectivity index (χ0v) is 33.3. The molecule has 0 saturated carbocycles. The minimum Gasteiger partial charge on any atom is -0.545 e.